The van der Waals surface area contributed by atoms with Crippen LogP contribution >= 0.6 is 0 Å². The number of aromatic nitrogens is 1. The number of ether oxygens (including phenoxy) is 3. The fraction of sp³-hybridized carbons (Fsp3) is 0.243. The molecule has 1 aromatic heterocycles. The number of fused-ring (bicyclic) bond motifs is 7. The summed E-state index contributed by atoms with van der Waals surface area (Å²) in [5.74, 6) is 1.56. The van der Waals surface area contributed by atoms with Gasteiger partial charge in [-0.2, -0.15) is 0 Å². The molecule has 3 aliphatic heterocycles. The van der Waals surface area contributed by atoms with Gasteiger partial charge in [0.05, 0.1) is 36.4 Å². The number of carbonyl (C=O) groups excluding carboxylic acids is 2. The number of para-hydroxylation sites is 1. The number of methoxy groups -OCH3 is 1. The lowest BCUT2D eigenvalue weighted by atomic mass is 9.87. The summed E-state index contributed by atoms with van der Waals surface area (Å²) in [7, 11) is 1.59. The van der Waals surface area contributed by atoms with Crippen LogP contribution in [0.1, 0.15) is 61.1 Å². The van der Waals surface area contributed by atoms with Crippen molar-refractivity contribution in [1.29, 1.82) is 0 Å². The zero-order valence-corrected chi connectivity index (χ0v) is 26.0. The van der Waals surface area contributed by atoms with E-state index in [1.165, 1.54) is 12.1 Å². The lowest BCUT2D eigenvalue weighted by molar-refractivity contribution is 0.0695. The Bertz CT molecular complexity index is 2000. The third kappa shape index (κ3) is 5.17. The summed E-state index contributed by atoms with van der Waals surface area (Å²) in [5.41, 5.74) is 6.71. The standard InChI is InChI=1S/C37H35N3O6/c1-21-22(2)39-34-27(21)6-4-7-29(34)37(43)40-16-14-23-18-25-9-11-28(23)35(40)24-8-13-32(44-3)33(19-24)45-17-5-15-38-36(42)30-20-26(46-25)10-12-31(30)41/h4,6-13,18-20,35,39,41H,5,14-17H2,1-3H3,(H,38,42). The van der Waals surface area contributed by atoms with Gasteiger partial charge in [0.2, 0.25) is 0 Å². The molecule has 1 atom stereocenters. The first-order chi connectivity index (χ1) is 22.3. The van der Waals surface area contributed by atoms with Crippen LogP contribution in [0, 0.1) is 13.8 Å². The minimum absolute atomic E-state index is 0.0596. The van der Waals surface area contributed by atoms with Crippen LogP contribution in [0.3, 0.4) is 0 Å². The molecule has 0 saturated heterocycles. The highest BCUT2D eigenvalue weighted by Crippen LogP contribution is 2.42. The lowest BCUT2D eigenvalue weighted by Gasteiger charge is -2.38. The van der Waals surface area contributed by atoms with Gasteiger partial charge in [-0.25, -0.2) is 0 Å². The molecule has 9 heteroatoms. The molecule has 4 aromatic carbocycles. The second kappa shape index (κ2) is 11.8. The number of rotatable bonds is 2. The maximum Gasteiger partial charge on any atom is 0.256 e. The smallest absolute Gasteiger partial charge is 0.256 e. The van der Waals surface area contributed by atoms with Crippen LogP contribution < -0.4 is 19.5 Å². The fourth-order valence-corrected chi connectivity index (χ4v) is 6.48. The summed E-state index contributed by atoms with van der Waals surface area (Å²) in [6, 6.07) is 21.7. The maximum atomic E-state index is 14.5. The molecule has 8 rings (SSSR count). The average Bonchev–Trinajstić information content (AvgIpc) is 3.36. The van der Waals surface area contributed by atoms with E-state index < -0.39 is 11.9 Å². The van der Waals surface area contributed by atoms with E-state index in [0.29, 0.717) is 61.1 Å². The molecular formula is C37H35N3O6. The Morgan fingerprint density at radius 1 is 1.02 bits per heavy atom. The predicted molar refractivity (Wildman–Crippen MR) is 174 cm³/mol. The minimum Gasteiger partial charge on any atom is -0.507 e. The van der Waals surface area contributed by atoms with E-state index in [-0.39, 0.29) is 17.2 Å². The number of amides is 2. The SMILES string of the molecule is COc1ccc2cc1OCCCNC(=O)c1cc(ccc1O)Oc1ccc3c(c1)CCN(C(=O)c1cccc4c(C)c(C)[nH]c14)C23. The highest BCUT2D eigenvalue weighted by Gasteiger charge is 2.34. The maximum absolute atomic E-state index is 14.5. The topological polar surface area (TPSA) is 113 Å². The van der Waals surface area contributed by atoms with Crippen LogP contribution in [0.25, 0.3) is 10.9 Å². The molecule has 5 aromatic rings. The number of hydrogen-bond acceptors (Lipinski definition) is 6. The van der Waals surface area contributed by atoms with Crippen LogP contribution in [-0.2, 0) is 6.42 Å². The molecule has 0 spiro atoms. The Morgan fingerprint density at radius 3 is 2.70 bits per heavy atom. The zero-order chi connectivity index (χ0) is 31.9. The van der Waals surface area contributed by atoms with Crippen molar-refractivity contribution in [2.24, 2.45) is 0 Å². The van der Waals surface area contributed by atoms with E-state index >= 15 is 0 Å². The van der Waals surface area contributed by atoms with Crippen molar-refractivity contribution < 1.29 is 28.9 Å². The van der Waals surface area contributed by atoms with Crippen LogP contribution in [0.5, 0.6) is 28.7 Å². The Kier molecular flexibility index (Phi) is 7.52. The van der Waals surface area contributed by atoms with Gasteiger partial charge in [0.15, 0.2) is 11.5 Å². The second-order valence-electron chi connectivity index (χ2n) is 11.8. The predicted octanol–water partition coefficient (Wildman–Crippen LogP) is 6.59. The van der Waals surface area contributed by atoms with E-state index in [2.05, 4.69) is 17.2 Å². The van der Waals surface area contributed by atoms with Crippen molar-refractivity contribution >= 4 is 22.7 Å². The van der Waals surface area contributed by atoms with Gasteiger partial charge >= 0.3 is 0 Å². The van der Waals surface area contributed by atoms with E-state index in [0.717, 1.165) is 38.9 Å². The van der Waals surface area contributed by atoms with E-state index in [4.69, 9.17) is 14.2 Å². The summed E-state index contributed by atoms with van der Waals surface area (Å²) in [4.78, 5) is 32.8. The molecule has 3 N–H and O–H groups in total. The number of nitrogens with one attached hydrogen (secondary N) is 2. The van der Waals surface area contributed by atoms with Gasteiger partial charge in [-0.3, -0.25) is 9.59 Å². The van der Waals surface area contributed by atoms with Crippen molar-refractivity contribution in [2.75, 3.05) is 26.8 Å². The number of aromatic hydroxyl groups is 1. The average molecular weight is 618 g/mol. The third-order valence-electron chi connectivity index (χ3n) is 8.99. The highest BCUT2D eigenvalue weighted by atomic mass is 16.5. The molecule has 9 nitrogen and oxygen atoms in total. The summed E-state index contributed by atoms with van der Waals surface area (Å²) < 4.78 is 18.0. The van der Waals surface area contributed by atoms with Gasteiger partial charge in [0.25, 0.3) is 11.8 Å². The van der Waals surface area contributed by atoms with Gasteiger partial charge < -0.3 is 34.5 Å². The van der Waals surface area contributed by atoms with Gasteiger partial charge in [-0.15, -0.1) is 0 Å². The number of phenols is 1. The molecule has 0 radical (unpaired) electrons. The normalized spacial score (nSPS) is 16.2. The van der Waals surface area contributed by atoms with Crippen molar-refractivity contribution in [1.82, 2.24) is 15.2 Å². The molecule has 0 saturated carbocycles. The van der Waals surface area contributed by atoms with Crippen LogP contribution in [0.4, 0.5) is 0 Å². The molecule has 4 heterocycles. The molecule has 0 fully saturated rings. The monoisotopic (exact) mass is 617 g/mol. The molecule has 8 bridgehead atoms. The number of carbonyl (C=O) groups is 2. The quantitative estimate of drug-likeness (QED) is 0.206. The second-order valence-corrected chi connectivity index (χ2v) is 11.8. The Labute approximate surface area is 266 Å². The first-order valence-electron chi connectivity index (χ1n) is 15.4. The number of aromatic amines is 1. The van der Waals surface area contributed by atoms with E-state index in [9.17, 15) is 14.7 Å². The largest absolute Gasteiger partial charge is 0.507 e. The van der Waals surface area contributed by atoms with Gasteiger partial charge in [-0.05, 0) is 97.5 Å². The first-order valence-corrected chi connectivity index (χ1v) is 15.4. The van der Waals surface area contributed by atoms with Crippen molar-refractivity contribution in [3.8, 4) is 28.7 Å². The molecule has 1 unspecified atom stereocenters. The summed E-state index contributed by atoms with van der Waals surface area (Å²) >= 11 is 0. The molecule has 46 heavy (non-hydrogen) atoms. The number of nitrogens with zero attached hydrogens (tertiary/aromatic N) is 1. The number of hydrogen-bond donors (Lipinski definition) is 3. The van der Waals surface area contributed by atoms with Crippen LogP contribution in [0.15, 0.2) is 72.8 Å². The minimum atomic E-state index is -0.401. The number of benzene rings is 4. The number of phenolic OH excluding ortho intramolecular Hbond substituents is 1. The third-order valence-corrected chi connectivity index (χ3v) is 8.99. The van der Waals surface area contributed by atoms with Crippen LogP contribution in [0.2, 0.25) is 0 Å². The van der Waals surface area contributed by atoms with Crippen molar-refractivity contribution in [3.63, 3.8) is 0 Å². The van der Waals surface area contributed by atoms with Crippen molar-refractivity contribution in [2.45, 2.75) is 32.7 Å². The summed E-state index contributed by atoms with van der Waals surface area (Å²) in [6.07, 6.45) is 1.14. The van der Waals surface area contributed by atoms with Crippen LogP contribution in [-0.4, -0.2) is 53.6 Å². The molecule has 2 amide bonds. The van der Waals surface area contributed by atoms with E-state index in [1.54, 1.807) is 13.2 Å². The highest BCUT2D eigenvalue weighted by molar-refractivity contribution is 6.07. The van der Waals surface area contributed by atoms with E-state index in [1.807, 2.05) is 66.4 Å². The molecule has 234 valence electrons. The molecular weight excluding hydrogens is 582 g/mol. The van der Waals surface area contributed by atoms with Gasteiger partial charge in [0, 0.05) is 24.2 Å². The van der Waals surface area contributed by atoms with Gasteiger partial charge in [0.1, 0.15) is 17.2 Å². The van der Waals surface area contributed by atoms with Gasteiger partial charge in [-0.1, -0.05) is 24.3 Å². The number of aryl methyl sites for hydroxylation is 2. The fourth-order valence-electron chi connectivity index (χ4n) is 6.48. The lowest BCUT2D eigenvalue weighted by Crippen LogP contribution is -2.40. The first kappa shape index (κ1) is 29.3. The summed E-state index contributed by atoms with van der Waals surface area (Å²) in [5, 5.41) is 14.3. The number of H-pyrrole nitrogens is 1. The molecule has 3 aliphatic rings. The molecule has 0 aliphatic carbocycles. The zero-order valence-electron chi connectivity index (χ0n) is 26.0. The Morgan fingerprint density at radius 2 is 1.85 bits per heavy atom. The Hall–Kier alpha value is -5.44. The Balaban J connectivity index is 1.35. The van der Waals surface area contributed by atoms with Crippen molar-refractivity contribution in [3.05, 3.63) is 112 Å². The summed E-state index contributed by atoms with van der Waals surface area (Å²) in [6.45, 7) is 5.23.